The van der Waals surface area contributed by atoms with Gasteiger partial charge in [0.15, 0.2) is 11.8 Å². The van der Waals surface area contributed by atoms with Gasteiger partial charge in [0.2, 0.25) is 0 Å². The van der Waals surface area contributed by atoms with E-state index in [4.69, 9.17) is 30.6 Å². The van der Waals surface area contributed by atoms with Crippen LogP contribution in [-0.4, -0.2) is 73.1 Å². The SMILES string of the molecule is CS(=N)(=O)c1ccc(-c2ccc(-c3nc4nc(O[C@@H]5COC6[C@H](O)CO[C@@H]65)[nH]c4cc3Cl)cc2)nc1. The summed E-state index contributed by atoms with van der Waals surface area (Å²) >= 11 is 6.55. The zero-order valence-corrected chi connectivity index (χ0v) is 20.6. The lowest BCUT2D eigenvalue weighted by atomic mass is 10.1. The molecule has 2 aliphatic heterocycles. The first-order valence-electron chi connectivity index (χ1n) is 11.2. The van der Waals surface area contributed by atoms with Crippen LogP contribution in [0.2, 0.25) is 5.02 Å². The van der Waals surface area contributed by atoms with Crippen molar-refractivity contribution in [3.63, 3.8) is 0 Å². The summed E-state index contributed by atoms with van der Waals surface area (Å²) in [5, 5.41) is 10.4. The average molecular weight is 528 g/mol. The fourth-order valence-electron chi connectivity index (χ4n) is 4.42. The smallest absolute Gasteiger partial charge is 0.296 e. The number of hydrogen-bond acceptors (Lipinski definition) is 9. The van der Waals surface area contributed by atoms with Gasteiger partial charge in [-0.1, -0.05) is 35.9 Å². The second-order valence-corrected chi connectivity index (χ2v) is 11.4. The number of aliphatic hydroxyl groups is 1. The van der Waals surface area contributed by atoms with Gasteiger partial charge in [-0.05, 0) is 18.2 Å². The minimum absolute atomic E-state index is 0.224. The van der Waals surface area contributed by atoms with E-state index in [1.807, 2.05) is 24.3 Å². The lowest BCUT2D eigenvalue weighted by molar-refractivity contribution is 0.00706. The predicted molar refractivity (Wildman–Crippen MR) is 133 cm³/mol. The van der Waals surface area contributed by atoms with Crippen LogP contribution < -0.4 is 4.74 Å². The molecular formula is C24H22ClN5O5S. The monoisotopic (exact) mass is 527 g/mol. The molecule has 2 saturated heterocycles. The van der Waals surface area contributed by atoms with Gasteiger partial charge in [-0.2, -0.15) is 4.98 Å². The maximum Gasteiger partial charge on any atom is 0.296 e. The van der Waals surface area contributed by atoms with Crippen LogP contribution in [0.3, 0.4) is 0 Å². The molecule has 0 aliphatic carbocycles. The molecule has 6 rings (SSSR count). The van der Waals surface area contributed by atoms with Crippen molar-refractivity contribution in [1.29, 1.82) is 4.78 Å². The molecule has 0 radical (unpaired) electrons. The van der Waals surface area contributed by atoms with Crippen LogP contribution in [0, 0.1) is 4.78 Å². The van der Waals surface area contributed by atoms with Crippen molar-refractivity contribution >= 4 is 32.5 Å². The fraction of sp³-hybridized carbons (Fsp3) is 0.292. The molecule has 36 heavy (non-hydrogen) atoms. The van der Waals surface area contributed by atoms with Crippen molar-refractivity contribution in [1.82, 2.24) is 19.9 Å². The number of nitrogens with one attached hydrogen (secondary N) is 2. The molecule has 0 spiro atoms. The molecule has 1 aromatic carbocycles. The van der Waals surface area contributed by atoms with Crippen LogP contribution >= 0.6 is 11.6 Å². The van der Waals surface area contributed by atoms with Crippen LogP contribution in [0.25, 0.3) is 33.7 Å². The molecule has 0 amide bonds. The van der Waals surface area contributed by atoms with Crippen molar-refractivity contribution in [2.75, 3.05) is 19.5 Å². The summed E-state index contributed by atoms with van der Waals surface area (Å²) in [4.78, 5) is 16.9. The Bertz CT molecular complexity index is 1540. The van der Waals surface area contributed by atoms with Gasteiger partial charge in [0.1, 0.15) is 18.3 Å². The van der Waals surface area contributed by atoms with Crippen LogP contribution in [0.1, 0.15) is 0 Å². The van der Waals surface area contributed by atoms with Gasteiger partial charge >= 0.3 is 0 Å². The number of ether oxygens (including phenoxy) is 3. The van der Waals surface area contributed by atoms with Crippen LogP contribution in [0.15, 0.2) is 53.6 Å². The number of benzene rings is 1. The summed E-state index contributed by atoms with van der Waals surface area (Å²) in [5.74, 6) is 0. The highest BCUT2D eigenvalue weighted by molar-refractivity contribution is 7.91. The van der Waals surface area contributed by atoms with Gasteiger partial charge < -0.3 is 24.3 Å². The first-order valence-corrected chi connectivity index (χ1v) is 13.6. The van der Waals surface area contributed by atoms with E-state index in [0.29, 0.717) is 39.1 Å². The second kappa shape index (κ2) is 8.79. The molecule has 0 saturated carbocycles. The molecule has 12 heteroatoms. The van der Waals surface area contributed by atoms with E-state index in [0.717, 1.165) is 11.1 Å². The first kappa shape index (κ1) is 23.3. The molecule has 2 unspecified atom stereocenters. The summed E-state index contributed by atoms with van der Waals surface area (Å²) in [7, 11) is -2.80. The van der Waals surface area contributed by atoms with Gasteiger partial charge in [-0.15, -0.1) is 0 Å². The average Bonchev–Trinajstić information content (AvgIpc) is 3.55. The molecule has 3 N–H and O–H groups in total. The molecule has 10 nitrogen and oxygen atoms in total. The lowest BCUT2D eigenvalue weighted by Gasteiger charge is -2.15. The third kappa shape index (κ3) is 4.22. The number of pyridine rings is 2. The van der Waals surface area contributed by atoms with Gasteiger partial charge in [-0.25, -0.2) is 14.0 Å². The number of H-pyrrole nitrogens is 1. The van der Waals surface area contributed by atoms with E-state index in [9.17, 15) is 9.32 Å². The Balaban J connectivity index is 1.23. The largest absolute Gasteiger partial charge is 0.456 e. The van der Waals surface area contributed by atoms with Gasteiger partial charge in [0.05, 0.1) is 49.8 Å². The van der Waals surface area contributed by atoms with E-state index in [1.54, 1.807) is 18.2 Å². The van der Waals surface area contributed by atoms with Crippen molar-refractivity contribution in [2.45, 2.75) is 29.3 Å². The number of rotatable bonds is 5. The number of aromatic nitrogens is 4. The Labute approximate surface area is 211 Å². The molecule has 4 aromatic rings. The van der Waals surface area contributed by atoms with Crippen LogP contribution in [-0.2, 0) is 19.2 Å². The summed E-state index contributed by atoms with van der Waals surface area (Å²) < 4.78 is 36.7. The predicted octanol–water partition coefficient (Wildman–Crippen LogP) is 3.28. The molecule has 3 aromatic heterocycles. The number of aliphatic hydroxyl groups excluding tert-OH is 1. The fourth-order valence-corrected chi connectivity index (χ4v) is 5.26. The Hall–Kier alpha value is -3.09. The first-order chi connectivity index (χ1) is 17.3. The molecule has 5 atom stereocenters. The highest BCUT2D eigenvalue weighted by Gasteiger charge is 2.48. The molecule has 0 bridgehead atoms. The van der Waals surface area contributed by atoms with E-state index in [-0.39, 0.29) is 30.9 Å². The Morgan fingerprint density at radius 2 is 1.86 bits per heavy atom. The van der Waals surface area contributed by atoms with E-state index in [2.05, 4.69) is 19.9 Å². The highest BCUT2D eigenvalue weighted by Crippen LogP contribution is 2.33. The zero-order chi connectivity index (χ0) is 25.0. The molecular weight excluding hydrogens is 506 g/mol. The van der Waals surface area contributed by atoms with Gasteiger partial charge in [0, 0.05) is 23.6 Å². The number of halogens is 1. The maximum atomic E-state index is 11.9. The van der Waals surface area contributed by atoms with Gasteiger partial charge in [0.25, 0.3) is 6.01 Å². The Morgan fingerprint density at radius 1 is 1.11 bits per heavy atom. The van der Waals surface area contributed by atoms with E-state index < -0.39 is 15.8 Å². The third-order valence-corrected chi connectivity index (χ3v) is 7.72. The van der Waals surface area contributed by atoms with Crippen molar-refractivity contribution < 1.29 is 23.5 Å². The topological polar surface area (TPSA) is 143 Å². The highest BCUT2D eigenvalue weighted by atomic mass is 35.5. The standard InChI is InChI=1S/C24H22ClN5O5S/c1-36(26,32)14-6-7-16(27-9-14)12-2-4-13(5-3-12)20-15(25)8-17-23(29-20)30-24(28-17)35-19-11-34-21-18(31)10-33-22(19)21/h2-9,18-19,21-22,26,31H,10-11H2,1H3,(H,28,29,30)/t18-,19-,21?,22-,36?/m1/s1. The third-order valence-electron chi connectivity index (χ3n) is 6.29. The second-order valence-electron chi connectivity index (χ2n) is 8.85. The Kier molecular flexibility index (Phi) is 5.69. The molecule has 186 valence electrons. The van der Waals surface area contributed by atoms with Crippen molar-refractivity contribution in [3.05, 3.63) is 53.7 Å². The summed E-state index contributed by atoms with van der Waals surface area (Å²) in [6.45, 7) is 0.523. The van der Waals surface area contributed by atoms with E-state index in [1.165, 1.54) is 12.5 Å². The van der Waals surface area contributed by atoms with Crippen LogP contribution in [0.4, 0.5) is 0 Å². The van der Waals surface area contributed by atoms with E-state index >= 15 is 0 Å². The number of nitrogens with zero attached hydrogens (tertiary/aromatic N) is 3. The normalized spacial score (nSPS) is 25.1. The molecule has 2 aliphatic rings. The lowest BCUT2D eigenvalue weighted by Crippen LogP contribution is -2.34. The minimum atomic E-state index is -2.80. The number of fused-ring (bicyclic) bond motifs is 2. The summed E-state index contributed by atoms with van der Waals surface area (Å²) in [6.07, 6.45) is 1.07. The maximum absolute atomic E-state index is 11.9. The minimum Gasteiger partial charge on any atom is -0.456 e. The molecule has 2 fully saturated rings. The zero-order valence-electron chi connectivity index (χ0n) is 19.1. The summed E-state index contributed by atoms with van der Waals surface area (Å²) in [6, 6.07) is 13.0. The number of imidazole rings is 1. The summed E-state index contributed by atoms with van der Waals surface area (Å²) in [5.41, 5.74) is 4.02. The molecule has 5 heterocycles. The van der Waals surface area contributed by atoms with Crippen LogP contribution in [0.5, 0.6) is 6.01 Å². The quantitative estimate of drug-likeness (QED) is 0.359. The Morgan fingerprint density at radius 3 is 2.58 bits per heavy atom. The van der Waals surface area contributed by atoms with Gasteiger partial charge in [-0.3, -0.25) is 4.98 Å². The number of aromatic amines is 1. The van der Waals surface area contributed by atoms with Crippen molar-refractivity contribution in [3.8, 4) is 28.5 Å². The number of hydrogen-bond donors (Lipinski definition) is 3. The van der Waals surface area contributed by atoms with Crippen molar-refractivity contribution in [2.24, 2.45) is 0 Å².